The molecule has 90 valence electrons. The van der Waals surface area contributed by atoms with Gasteiger partial charge in [0.05, 0.1) is 11.0 Å². The summed E-state index contributed by atoms with van der Waals surface area (Å²) >= 11 is 0. The molecule has 0 aliphatic carbocycles. The summed E-state index contributed by atoms with van der Waals surface area (Å²) in [5.74, 6) is 0.0611. The molecule has 0 atom stereocenters. The number of rotatable bonds is 2. The number of nitrogens with two attached hydrogens (primary N) is 1. The number of amides is 1. The molecule has 0 saturated carbocycles. The van der Waals surface area contributed by atoms with Crippen molar-refractivity contribution in [2.24, 2.45) is 5.73 Å². The highest BCUT2D eigenvalue weighted by Crippen LogP contribution is 2.21. The number of anilines is 1. The Kier molecular flexibility index (Phi) is 2.16. The van der Waals surface area contributed by atoms with Gasteiger partial charge in [0.25, 0.3) is 5.91 Å². The molecule has 6 heteroatoms. The van der Waals surface area contributed by atoms with Gasteiger partial charge < -0.3 is 11.1 Å². The standard InChI is InChI=1S/C12H11N5O/c1-14-11-12-16-8(10(13)18)6-17(12)9-5-3-2-4-7(9)15-11/h2-6H,1H3,(H2,13,18)(H,14,15). The molecular formula is C12H11N5O. The van der Waals surface area contributed by atoms with Crippen molar-refractivity contribution in [3.63, 3.8) is 0 Å². The van der Waals surface area contributed by atoms with E-state index in [-0.39, 0.29) is 5.69 Å². The summed E-state index contributed by atoms with van der Waals surface area (Å²) in [7, 11) is 1.76. The van der Waals surface area contributed by atoms with Gasteiger partial charge in [-0.15, -0.1) is 0 Å². The lowest BCUT2D eigenvalue weighted by atomic mass is 10.3. The summed E-state index contributed by atoms with van der Waals surface area (Å²) in [6.45, 7) is 0. The Morgan fingerprint density at radius 2 is 2.11 bits per heavy atom. The van der Waals surface area contributed by atoms with Crippen molar-refractivity contribution >= 4 is 28.4 Å². The quantitative estimate of drug-likeness (QED) is 0.701. The van der Waals surface area contributed by atoms with Crippen molar-refractivity contribution < 1.29 is 4.79 Å². The number of primary amides is 1. The van der Waals surface area contributed by atoms with Crippen LogP contribution in [0.3, 0.4) is 0 Å². The summed E-state index contributed by atoms with van der Waals surface area (Å²) in [4.78, 5) is 19.9. The molecule has 6 nitrogen and oxygen atoms in total. The van der Waals surface area contributed by atoms with E-state index in [0.717, 1.165) is 11.0 Å². The van der Waals surface area contributed by atoms with Gasteiger partial charge in [-0.25, -0.2) is 9.97 Å². The summed E-state index contributed by atoms with van der Waals surface area (Å²) in [5, 5.41) is 2.97. The van der Waals surface area contributed by atoms with Crippen LogP contribution in [0.2, 0.25) is 0 Å². The number of carbonyl (C=O) groups excluding carboxylic acids is 1. The third-order valence-electron chi connectivity index (χ3n) is 2.78. The Morgan fingerprint density at radius 1 is 1.33 bits per heavy atom. The minimum absolute atomic E-state index is 0.227. The smallest absolute Gasteiger partial charge is 0.268 e. The molecular weight excluding hydrogens is 230 g/mol. The SMILES string of the molecule is CNc1nc2ccccc2n2cc(C(N)=O)nc12. The Balaban J connectivity index is 2.49. The molecule has 0 spiro atoms. The van der Waals surface area contributed by atoms with E-state index in [2.05, 4.69) is 15.3 Å². The first-order valence-electron chi connectivity index (χ1n) is 5.46. The predicted octanol–water partition coefficient (Wildman–Crippen LogP) is 1.02. The number of carbonyl (C=O) groups is 1. The monoisotopic (exact) mass is 241 g/mol. The fourth-order valence-electron chi connectivity index (χ4n) is 1.95. The first kappa shape index (κ1) is 10.5. The summed E-state index contributed by atoms with van der Waals surface area (Å²) in [6, 6.07) is 7.64. The van der Waals surface area contributed by atoms with E-state index in [1.54, 1.807) is 13.2 Å². The second-order valence-corrected chi connectivity index (χ2v) is 3.88. The zero-order valence-corrected chi connectivity index (χ0v) is 9.71. The van der Waals surface area contributed by atoms with Crippen LogP contribution in [0.4, 0.5) is 5.82 Å². The molecule has 3 aromatic rings. The van der Waals surface area contributed by atoms with Gasteiger partial charge in [-0.1, -0.05) is 12.1 Å². The Bertz CT molecular complexity index is 762. The van der Waals surface area contributed by atoms with Crippen LogP contribution in [0, 0.1) is 0 Å². The second kappa shape index (κ2) is 3.69. The van der Waals surface area contributed by atoms with E-state index in [1.165, 1.54) is 0 Å². The molecule has 1 amide bonds. The highest BCUT2D eigenvalue weighted by Gasteiger charge is 2.13. The van der Waals surface area contributed by atoms with Crippen LogP contribution in [0.25, 0.3) is 16.7 Å². The first-order chi connectivity index (χ1) is 8.70. The molecule has 18 heavy (non-hydrogen) atoms. The second-order valence-electron chi connectivity index (χ2n) is 3.88. The number of imidazole rings is 1. The van der Waals surface area contributed by atoms with E-state index in [4.69, 9.17) is 5.73 Å². The Morgan fingerprint density at radius 3 is 2.83 bits per heavy atom. The maximum Gasteiger partial charge on any atom is 0.268 e. The molecule has 3 N–H and O–H groups in total. The number of nitrogens with zero attached hydrogens (tertiary/aromatic N) is 3. The lowest BCUT2D eigenvalue weighted by molar-refractivity contribution is 0.0996. The topological polar surface area (TPSA) is 85.3 Å². The number of hydrogen-bond acceptors (Lipinski definition) is 4. The van der Waals surface area contributed by atoms with Crippen LogP contribution in [0.15, 0.2) is 30.5 Å². The number of nitrogens with one attached hydrogen (secondary N) is 1. The number of hydrogen-bond donors (Lipinski definition) is 2. The van der Waals surface area contributed by atoms with E-state index in [9.17, 15) is 4.79 Å². The van der Waals surface area contributed by atoms with Crippen LogP contribution in [-0.2, 0) is 0 Å². The lowest BCUT2D eigenvalue weighted by Crippen LogP contribution is -2.10. The number of para-hydroxylation sites is 2. The fraction of sp³-hybridized carbons (Fsp3) is 0.0833. The molecule has 0 bridgehead atoms. The van der Waals surface area contributed by atoms with Gasteiger partial charge in [0.15, 0.2) is 11.5 Å². The lowest BCUT2D eigenvalue weighted by Gasteiger charge is -2.05. The van der Waals surface area contributed by atoms with Gasteiger partial charge in [0, 0.05) is 13.2 Å². The zero-order valence-electron chi connectivity index (χ0n) is 9.71. The van der Waals surface area contributed by atoms with Gasteiger partial charge in [-0.3, -0.25) is 9.20 Å². The third-order valence-corrected chi connectivity index (χ3v) is 2.78. The predicted molar refractivity (Wildman–Crippen MR) is 68.6 cm³/mol. The van der Waals surface area contributed by atoms with Gasteiger partial charge in [-0.05, 0) is 12.1 Å². The van der Waals surface area contributed by atoms with Gasteiger partial charge >= 0.3 is 0 Å². The first-order valence-corrected chi connectivity index (χ1v) is 5.46. The molecule has 2 aromatic heterocycles. The number of fused-ring (bicyclic) bond motifs is 3. The number of aromatic nitrogens is 3. The van der Waals surface area contributed by atoms with Crippen LogP contribution in [0.5, 0.6) is 0 Å². The van der Waals surface area contributed by atoms with Crippen molar-refractivity contribution in [3.05, 3.63) is 36.2 Å². The van der Waals surface area contributed by atoms with E-state index in [0.29, 0.717) is 11.5 Å². The highest BCUT2D eigenvalue weighted by atomic mass is 16.1. The maximum atomic E-state index is 11.2. The minimum Gasteiger partial charge on any atom is -0.370 e. The van der Waals surface area contributed by atoms with E-state index < -0.39 is 5.91 Å². The van der Waals surface area contributed by atoms with Gasteiger partial charge in [-0.2, -0.15) is 0 Å². The average Bonchev–Trinajstić information content (AvgIpc) is 2.83. The van der Waals surface area contributed by atoms with Crippen LogP contribution >= 0.6 is 0 Å². The summed E-state index contributed by atoms with van der Waals surface area (Å²) in [6.07, 6.45) is 1.63. The van der Waals surface area contributed by atoms with Crippen LogP contribution in [-0.4, -0.2) is 27.3 Å². The molecule has 0 saturated heterocycles. The van der Waals surface area contributed by atoms with Crippen LogP contribution in [0.1, 0.15) is 10.5 Å². The molecule has 3 rings (SSSR count). The Labute approximate surface area is 102 Å². The van der Waals surface area contributed by atoms with Crippen molar-refractivity contribution in [1.82, 2.24) is 14.4 Å². The van der Waals surface area contributed by atoms with E-state index >= 15 is 0 Å². The minimum atomic E-state index is -0.551. The molecule has 0 unspecified atom stereocenters. The Hall–Kier alpha value is -2.63. The van der Waals surface area contributed by atoms with Gasteiger partial charge in [0.2, 0.25) is 0 Å². The molecule has 0 fully saturated rings. The highest BCUT2D eigenvalue weighted by molar-refractivity contribution is 5.93. The van der Waals surface area contributed by atoms with Crippen molar-refractivity contribution in [1.29, 1.82) is 0 Å². The number of benzene rings is 1. The fourth-order valence-corrected chi connectivity index (χ4v) is 1.95. The molecule has 0 aliphatic heterocycles. The normalized spacial score (nSPS) is 10.9. The third kappa shape index (κ3) is 1.39. The zero-order chi connectivity index (χ0) is 12.7. The average molecular weight is 241 g/mol. The van der Waals surface area contributed by atoms with Gasteiger partial charge in [0.1, 0.15) is 5.69 Å². The molecule has 0 radical (unpaired) electrons. The van der Waals surface area contributed by atoms with Crippen LogP contribution < -0.4 is 11.1 Å². The molecule has 2 heterocycles. The summed E-state index contributed by atoms with van der Waals surface area (Å²) < 4.78 is 1.81. The van der Waals surface area contributed by atoms with E-state index in [1.807, 2.05) is 28.7 Å². The van der Waals surface area contributed by atoms with Crippen molar-refractivity contribution in [2.75, 3.05) is 12.4 Å². The summed E-state index contributed by atoms with van der Waals surface area (Å²) in [5.41, 5.74) is 7.78. The molecule has 0 aliphatic rings. The maximum absolute atomic E-state index is 11.2. The molecule has 1 aromatic carbocycles. The van der Waals surface area contributed by atoms with Crippen molar-refractivity contribution in [2.45, 2.75) is 0 Å². The largest absolute Gasteiger partial charge is 0.370 e. The van der Waals surface area contributed by atoms with Crippen molar-refractivity contribution in [3.8, 4) is 0 Å².